The van der Waals surface area contributed by atoms with Crippen molar-refractivity contribution in [2.45, 2.75) is 19.4 Å². The van der Waals surface area contributed by atoms with E-state index in [-0.39, 0.29) is 0 Å². The molecule has 0 aliphatic rings. The maximum Gasteiger partial charge on any atom is 0.0591 e. The topological polar surface area (TPSA) is 47.3 Å². The SMILES string of the molecule is C=CCCOCCNC(C)CN. The Morgan fingerprint density at radius 1 is 1.58 bits per heavy atom. The second kappa shape index (κ2) is 8.71. The summed E-state index contributed by atoms with van der Waals surface area (Å²) in [6.45, 7) is 8.73. The number of nitrogens with two attached hydrogens (primary N) is 1. The minimum absolute atomic E-state index is 0.382. The Morgan fingerprint density at radius 3 is 2.92 bits per heavy atom. The third kappa shape index (κ3) is 7.72. The van der Waals surface area contributed by atoms with Gasteiger partial charge in [-0.1, -0.05) is 6.08 Å². The molecule has 0 aromatic rings. The predicted molar refractivity (Wildman–Crippen MR) is 52.2 cm³/mol. The first-order valence-corrected chi connectivity index (χ1v) is 4.43. The summed E-state index contributed by atoms with van der Waals surface area (Å²) in [6, 6.07) is 0.382. The summed E-state index contributed by atoms with van der Waals surface area (Å²) in [7, 11) is 0. The molecule has 1 unspecified atom stereocenters. The van der Waals surface area contributed by atoms with Gasteiger partial charge in [-0.3, -0.25) is 0 Å². The van der Waals surface area contributed by atoms with E-state index in [0.29, 0.717) is 12.6 Å². The zero-order valence-electron chi connectivity index (χ0n) is 7.88. The lowest BCUT2D eigenvalue weighted by Gasteiger charge is -2.10. The molecule has 0 saturated heterocycles. The van der Waals surface area contributed by atoms with Crippen LogP contribution in [0.3, 0.4) is 0 Å². The van der Waals surface area contributed by atoms with Crippen molar-refractivity contribution >= 4 is 0 Å². The van der Waals surface area contributed by atoms with E-state index in [0.717, 1.165) is 26.2 Å². The molecule has 0 bridgehead atoms. The van der Waals surface area contributed by atoms with E-state index in [2.05, 4.69) is 18.8 Å². The first-order valence-electron chi connectivity index (χ1n) is 4.43. The van der Waals surface area contributed by atoms with E-state index < -0.39 is 0 Å². The van der Waals surface area contributed by atoms with Crippen molar-refractivity contribution in [3.8, 4) is 0 Å². The van der Waals surface area contributed by atoms with Crippen LogP contribution in [0.4, 0.5) is 0 Å². The van der Waals surface area contributed by atoms with Crippen molar-refractivity contribution in [3.05, 3.63) is 12.7 Å². The molecule has 3 nitrogen and oxygen atoms in total. The highest BCUT2D eigenvalue weighted by molar-refractivity contribution is 4.65. The van der Waals surface area contributed by atoms with Crippen LogP contribution in [-0.2, 0) is 4.74 Å². The minimum atomic E-state index is 0.382. The van der Waals surface area contributed by atoms with Crippen LogP contribution < -0.4 is 11.1 Å². The molecule has 0 saturated carbocycles. The van der Waals surface area contributed by atoms with Gasteiger partial charge in [0.2, 0.25) is 0 Å². The summed E-state index contributed by atoms with van der Waals surface area (Å²) in [4.78, 5) is 0. The Kier molecular flexibility index (Phi) is 8.44. The highest BCUT2D eigenvalue weighted by Crippen LogP contribution is 1.82. The van der Waals surface area contributed by atoms with E-state index in [9.17, 15) is 0 Å². The van der Waals surface area contributed by atoms with Crippen LogP contribution in [0.5, 0.6) is 0 Å². The lowest BCUT2D eigenvalue weighted by molar-refractivity contribution is 0.139. The normalized spacial score (nSPS) is 12.8. The zero-order chi connectivity index (χ0) is 9.23. The molecule has 0 heterocycles. The molecule has 0 aliphatic heterocycles. The average molecular weight is 172 g/mol. The molecule has 1 atom stereocenters. The third-order valence-corrected chi connectivity index (χ3v) is 1.56. The molecule has 3 heteroatoms. The van der Waals surface area contributed by atoms with Crippen molar-refractivity contribution in [1.82, 2.24) is 5.32 Å². The highest BCUT2D eigenvalue weighted by atomic mass is 16.5. The predicted octanol–water partition coefficient (Wildman–Crippen LogP) is 0.516. The van der Waals surface area contributed by atoms with E-state index in [1.807, 2.05) is 6.08 Å². The Balaban J connectivity index is 2.95. The van der Waals surface area contributed by atoms with Crippen LogP contribution in [0.25, 0.3) is 0 Å². The highest BCUT2D eigenvalue weighted by Gasteiger charge is 1.95. The molecular formula is C9H20N2O. The molecule has 0 amide bonds. The van der Waals surface area contributed by atoms with Gasteiger partial charge in [-0.2, -0.15) is 0 Å². The zero-order valence-corrected chi connectivity index (χ0v) is 7.88. The molecular weight excluding hydrogens is 152 g/mol. The molecule has 0 radical (unpaired) electrons. The molecule has 3 N–H and O–H groups in total. The number of rotatable bonds is 8. The van der Waals surface area contributed by atoms with Crippen LogP contribution in [0.1, 0.15) is 13.3 Å². The fraction of sp³-hybridized carbons (Fsp3) is 0.778. The fourth-order valence-electron chi connectivity index (χ4n) is 0.730. The quantitative estimate of drug-likeness (QED) is 0.414. The van der Waals surface area contributed by atoms with Gasteiger partial charge < -0.3 is 15.8 Å². The fourth-order valence-corrected chi connectivity index (χ4v) is 0.730. The first kappa shape index (κ1) is 11.6. The van der Waals surface area contributed by atoms with Crippen molar-refractivity contribution in [1.29, 1.82) is 0 Å². The van der Waals surface area contributed by atoms with Gasteiger partial charge in [0.25, 0.3) is 0 Å². The van der Waals surface area contributed by atoms with Gasteiger partial charge in [0, 0.05) is 19.1 Å². The maximum absolute atomic E-state index is 5.42. The lowest BCUT2D eigenvalue weighted by Crippen LogP contribution is -2.35. The van der Waals surface area contributed by atoms with Gasteiger partial charge >= 0.3 is 0 Å². The Bertz CT molecular complexity index is 107. The summed E-state index contributed by atoms with van der Waals surface area (Å²) in [5.41, 5.74) is 5.42. The van der Waals surface area contributed by atoms with Crippen LogP contribution in [0.2, 0.25) is 0 Å². The Labute approximate surface area is 75.0 Å². The molecule has 0 rings (SSSR count). The van der Waals surface area contributed by atoms with Crippen LogP contribution in [0.15, 0.2) is 12.7 Å². The summed E-state index contributed by atoms with van der Waals surface area (Å²) < 4.78 is 5.29. The number of hydrogen-bond acceptors (Lipinski definition) is 3. The van der Waals surface area contributed by atoms with E-state index in [1.54, 1.807) is 0 Å². The average Bonchev–Trinajstić information content (AvgIpc) is 2.10. The van der Waals surface area contributed by atoms with E-state index in [4.69, 9.17) is 10.5 Å². The van der Waals surface area contributed by atoms with Crippen molar-refractivity contribution in [3.63, 3.8) is 0 Å². The second-order valence-corrected chi connectivity index (χ2v) is 2.78. The third-order valence-electron chi connectivity index (χ3n) is 1.56. The number of hydrogen-bond donors (Lipinski definition) is 2. The summed E-state index contributed by atoms with van der Waals surface area (Å²) >= 11 is 0. The molecule has 72 valence electrons. The van der Waals surface area contributed by atoms with Gasteiger partial charge in [0.1, 0.15) is 0 Å². The largest absolute Gasteiger partial charge is 0.380 e. The van der Waals surface area contributed by atoms with Gasteiger partial charge in [-0.05, 0) is 13.3 Å². The number of nitrogens with one attached hydrogen (secondary N) is 1. The summed E-state index contributed by atoms with van der Waals surface area (Å²) in [6.07, 6.45) is 2.78. The van der Waals surface area contributed by atoms with Crippen LogP contribution in [-0.4, -0.2) is 32.3 Å². The van der Waals surface area contributed by atoms with Crippen LogP contribution in [0, 0.1) is 0 Å². The van der Waals surface area contributed by atoms with Gasteiger partial charge in [-0.15, -0.1) is 6.58 Å². The van der Waals surface area contributed by atoms with Crippen LogP contribution >= 0.6 is 0 Å². The molecule has 0 aliphatic carbocycles. The van der Waals surface area contributed by atoms with Gasteiger partial charge in [0.05, 0.1) is 13.2 Å². The maximum atomic E-state index is 5.42. The van der Waals surface area contributed by atoms with Crippen molar-refractivity contribution in [2.75, 3.05) is 26.3 Å². The van der Waals surface area contributed by atoms with Crippen molar-refractivity contribution in [2.24, 2.45) is 5.73 Å². The standard InChI is InChI=1S/C9H20N2O/c1-3-4-6-12-7-5-11-9(2)8-10/h3,9,11H,1,4-8,10H2,2H3. The molecule has 0 fully saturated rings. The molecule has 0 aromatic carbocycles. The smallest absolute Gasteiger partial charge is 0.0591 e. The monoisotopic (exact) mass is 172 g/mol. The summed E-state index contributed by atoms with van der Waals surface area (Å²) in [5.74, 6) is 0. The van der Waals surface area contributed by atoms with E-state index in [1.165, 1.54) is 0 Å². The Hall–Kier alpha value is -0.380. The minimum Gasteiger partial charge on any atom is -0.380 e. The number of ether oxygens (including phenoxy) is 1. The van der Waals surface area contributed by atoms with E-state index >= 15 is 0 Å². The van der Waals surface area contributed by atoms with Gasteiger partial charge in [-0.25, -0.2) is 0 Å². The van der Waals surface area contributed by atoms with Crippen molar-refractivity contribution < 1.29 is 4.74 Å². The molecule has 12 heavy (non-hydrogen) atoms. The Morgan fingerprint density at radius 2 is 2.33 bits per heavy atom. The summed E-state index contributed by atoms with van der Waals surface area (Å²) in [5, 5.41) is 3.23. The molecule has 0 aromatic heterocycles. The lowest BCUT2D eigenvalue weighted by atomic mass is 10.3. The molecule has 0 spiro atoms. The van der Waals surface area contributed by atoms with Gasteiger partial charge in [0.15, 0.2) is 0 Å². The second-order valence-electron chi connectivity index (χ2n) is 2.78. The first-order chi connectivity index (χ1) is 5.81.